The van der Waals surface area contributed by atoms with Gasteiger partial charge < -0.3 is 14.6 Å². The summed E-state index contributed by atoms with van der Waals surface area (Å²) < 4.78 is 5.54. The highest BCUT2D eigenvalue weighted by atomic mass is 32.1. The topological polar surface area (TPSA) is 28.4 Å². The van der Waals surface area contributed by atoms with E-state index >= 15 is 0 Å². The second-order valence-corrected chi connectivity index (χ2v) is 7.12. The van der Waals surface area contributed by atoms with Crippen LogP contribution < -0.4 is 5.32 Å². The Balaban J connectivity index is 1.52. The van der Waals surface area contributed by atoms with E-state index in [-0.39, 0.29) is 0 Å². The Hall–Kier alpha value is -1.29. The fraction of sp³-hybridized carbons (Fsp3) is 0.632. The van der Waals surface area contributed by atoms with Gasteiger partial charge in [-0.05, 0) is 69.3 Å². The number of hydrogen-bond acceptors (Lipinski definition) is 2. The van der Waals surface area contributed by atoms with Gasteiger partial charge in [0.25, 0.3) is 0 Å². The third kappa shape index (κ3) is 4.84. The second-order valence-electron chi connectivity index (χ2n) is 6.74. The lowest BCUT2D eigenvalue weighted by molar-refractivity contribution is 0.279. The summed E-state index contributed by atoms with van der Waals surface area (Å²) in [5.74, 6) is 0.996. The highest BCUT2D eigenvalue weighted by molar-refractivity contribution is 7.80. The largest absolute Gasteiger partial charge is 0.467 e. The Morgan fingerprint density at radius 3 is 2.83 bits per heavy atom. The molecule has 1 N–H and O–H groups in total. The number of nitrogens with zero attached hydrogens (tertiary/aromatic N) is 1. The van der Waals surface area contributed by atoms with Gasteiger partial charge in [-0.2, -0.15) is 0 Å². The van der Waals surface area contributed by atoms with Crippen LogP contribution in [-0.2, 0) is 6.54 Å². The van der Waals surface area contributed by atoms with Crippen LogP contribution in [-0.4, -0.2) is 22.6 Å². The first-order valence-electron chi connectivity index (χ1n) is 9.07. The predicted octanol–water partition coefficient (Wildman–Crippen LogP) is 4.79. The van der Waals surface area contributed by atoms with Crippen LogP contribution >= 0.6 is 12.2 Å². The van der Waals surface area contributed by atoms with Gasteiger partial charge in [0.1, 0.15) is 5.76 Å². The molecule has 0 amide bonds. The van der Waals surface area contributed by atoms with E-state index in [1.807, 2.05) is 12.1 Å². The molecule has 0 unspecified atom stereocenters. The summed E-state index contributed by atoms with van der Waals surface area (Å²) in [5, 5.41) is 4.39. The molecule has 2 aliphatic rings. The Bertz CT molecular complexity index is 517. The zero-order valence-corrected chi connectivity index (χ0v) is 14.7. The number of allylic oxidation sites excluding steroid dienone is 1. The molecule has 4 heteroatoms. The average Bonchev–Trinajstić information content (AvgIpc) is 3.27. The van der Waals surface area contributed by atoms with Crippen molar-refractivity contribution in [1.29, 1.82) is 0 Å². The van der Waals surface area contributed by atoms with Crippen molar-refractivity contribution in [3.05, 3.63) is 35.8 Å². The number of rotatable bonds is 6. The lowest BCUT2D eigenvalue weighted by Gasteiger charge is -2.31. The van der Waals surface area contributed by atoms with Crippen LogP contribution in [0.15, 0.2) is 34.5 Å². The predicted molar refractivity (Wildman–Crippen MR) is 98.3 cm³/mol. The third-order valence-electron chi connectivity index (χ3n) is 5.04. The fourth-order valence-corrected chi connectivity index (χ4v) is 4.03. The molecule has 126 valence electrons. The van der Waals surface area contributed by atoms with Crippen molar-refractivity contribution in [2.45, 2.75) is 70.4 Å². The van der Waals surface area contributed by atoms with Crippen molar-refractivity contribution in [3.63, 3.8) is 0 Å². The highest BCUT2D eigenvalue weighted by Crippen LogP contribution is 2.25. The molecule has 0 aliphatic heterocycles. The van der Waals surface area contributed by atoms with E-state index in [9.17, 15) is 0 Å². The summed E-state index contributed by atoms with van der Waals surface area (Å²) in [6.45, 7) is 1.73. The van der Waals surface area contributed by atoms with E-state index in [2.05, 4.69) is 16.3 Å². The van der Waals surface area contributed by atoms with Crippen molar-refractivity contribution in [2.24, 2.45) is 0 Å². The quantitative estimate of drug-likeness (QED) is 0.599. The van der Waals surface area contributed by atoms with Gasteiger partial charge in [0, 0.05) is 12.6 Å². The zero-order valence-electron chi connectivity index (χ0n) is 13.9. The minimum absolute atomic E-state index is 0.564. The van der Waals surface area contributed by atoms with Crippen molar-refractivity contribution in [1.82, 2.24) is 10.2 Å². The summed E-state index contributed by atoms with van der Waals surface area (Å²) in [7, 11) is 0. The number of furan rings is 1. The number of hydrogen-bond donors (Lipinski definition) is 1. The van der Waals surface area contributed by atoms with Crippen molar-refractivity contribution >= 4 is 17.3 Å². The van der Waals surface area contributed by atoms with Crippen LogP contribution in [0.2, 0.25) is 0 Å². The molecule has 1 aromatic rings. The second kappa shape index (κ2) is 8.53. The summed E-state index contributed by atoms with van der Waals surface area (Å²) in [6.07, 6.45) is 15.6. The van der Waals surface area contributed by atoms with Gasteiger partial charge in [0.15, 0.2) is 5.11 Å². The van der Waals surface area contributed by atoms with Gasteiger partial charge in [0.05, 0.1) is 12.8 Å². The maximum Gasteiger partial charge on any atom is 0.169 e. The molecule has 3 rings (SSSR count). The van der Waals surface area contributed by atoms with E-state index in [0.29, 0.717) is 6.04 Å². The molecule has 0 aromatic carbocycles. The summed E-state index contributed by atoms with van der Waals surface area (Å²) in [5.41, 5.74) is 1.60. The summed E-state index contributed by atoms with van der Waals surface area (Å²) in [4.78, 5) is 2.34. The lowest BCUT2D eigenvalue weighted by Crippen LogP contribution is -2.44. The molecule has 1 heterocycles. The van der Waals surface area contributed by atoms with E-state index in [0.717, 1.165) is 30.4 Å². The monoisotopic (exact) mass is 332 g/mol. The van der Waals surface area contributed by atoms with Crippen LogP contribution in [0.3, 0.4) is 0 Å². The van der Waals surface area contributed by atoms with Crippen molar-refractivity contribution < 1.29 is 4.42 Å². The Morgan fingerprint density at radius 2 is 2.13 bits per heavy atom. The third-order valence-corrected chi connectivity index (χ3v) is 5.42. The maximum absolute atomic E-state index is 5.71. The molecule has 1 aromatic heterocycles. The first kappa shape index (κ1) is 16.6. The van der Waals surface area contributed by atoms with Gasteiger partial charge >= 0.3 is 0 Å². The van der Waals surface area contributed by atoms with Crippen molar-refractivity contribution in [3.8, 4) is 0 Å². The molecule has 0 spiro atoms. The molecule has 23 heavy (non-hydrogen) atoms. The first-order valence-corrected chi connectivity index (χ1v) is 9.48. The standard InChI is InChI=1S/C19H28N2OS/c23-19(20-13-12-16-7-2-1-3-8-16)21(17-9-4-5-10-17)15-18-11-6-14-22-18/h6-7,11,14,17H,1-5,8-10,12-13,15H2,(H,20,23). The molecule has 0 saturated heterocycles. The molecule has 3 nitrogen and oxygen atoms in total. The van der Waals surface area contributed by atoms with E-state index in [1.54, 1.807) is 11.8 Å². The molecule has 0 radical (unpaired) electrons. The summed E-state index contributed by atoms with van der Waals surface area (Å²) >= 11 is 5.71. The van der Waals surface area contributed by atoms with Crippen molar-refractivity contribution in [2.75, 3.05) is 6.54 Å². The van der Waals surface area contributed by atoms with Crippen LogP contribution in [0.4, 0.5) is 0 Å². The molecule has 0 atom stereocenters. The molecule has 1 saturated carbocycles. The maximum atomic E-state index is 5.71. The molecule has 0 bridgehead atoms. The fourth-order valence-electron chi connectivity index (χ4n) is 3.72. The highest BCUT2D eigenvalue weighted by Gasteiger charge is 2.25. The Morgan fingerprint density at radius 1 is 1.26 bits per heavy atom. The Labute approximate surface area is 145 Å². The minimum atomic E-state index is 0.564. The van der Waals surface area contributed by atoms with Crippen LogP contribution in [0, 0.1) is 0 Å². The molecular formula is C19H28N2OS. The van der Waals surface area contributed by atoms with Gasteiger partial charge in [-0.25, -0.2) is 0 Å². The van der Waals surface area contributed by atoms with Gasteiger partial charge in [0.2, 0.25) is 0 Å². The first-order chi connectivity index (χ1) is 11.3. The van der Waals surface area contributed by atoms with E-state index < -0.39 is 0 Å². The van der Waals surface area contributed by atoms with E-state index in [4.69, 9.17) is 16.6 Å². The minimum Gasteiger partial charge on any atom is -0.467 e. The van der Waals surface area contributed by atoms with Gasteiger partial charge in [-0.1, -0.05) is 24.5 Å². The molecule has 2 aliphatic carbocycles. The van der Waals surface area contributed by atoms with E-state index in [1.165, 1.54) is 51.4 Å². The van der Waals surface area contributed by atoms with Crippen LogP contribution in [0.5, 0.6) is 0 Å². The molecular weight excluding hydrogens is 304 g/mol. The number of nitrogens with one attached hydrogen (secondary N) is 1. The number of thiocarbonyl (C=S) groups is 1. The summed E-state index contributed by atoms with van der Waals surface area (Å²) in [6, 6.07) is 4.56. The van der Waals surface area contributed by atoms with Crippen LogP contribution in [0.25, 0.3) is 0 Å². The molecule has 1 fully saturated rings. The average molecular weight is 333 g/mol. The lowest BCUT2D eigenvalue weighted by atomic mass is 9.97. The Kier molecular flexibility index (Phi) is 6.14. The van der Waals surface area contributed by atoms with Gasteiger partial charge in [-0.3, -0.25) is 0 Å². The normalized spacial score (nSPS) is 18.7. The SMILES string of the molecule is S=C(NCCC1=CCCCC1)N(Cc1ccco1)C1CCCC1. The zero-order chi connectivity index (χ0) is 15.9. The smallest absolute Gasteiger partial charge is 0.169 e. The van der Waals surface area contributed by atoms with Gasteiger partial charge in [-0.15, -0.1) is 0 Å². The van der Waals surface area contributed by atoms with Crippen LogP contribution in [0.1, 0.15) is 63.5 Å².